The molecule has 0 radical (unpaired) electrons. The van der Waals surface area contributed by atoms with Crippen molar-refractivity contribution in [3.8, 4) is 5.75 Å². The Balaban J connectivity index is 1.75. The fourth-order valence-corrected chi connectivity index (χ4v) is 2.50. The summed E-state index contributed by atoms with van der Waals surface area (Å²) >= 11 is 3.36. The Hall–Kier alpha value is -2.27. The number of amides is 1. The van der Waals surface area contributed by atoms with Crippen LogP contribution in [0.3, 0.4) is 0 Å². The second kappa shape index (κ2) is 6.23. The standard InChI is InChI=1S/C17H14BrNO3/c1-21-14-6-7-15-11(10-22-16(15)9-14)8-17(20)19-13-4-2-12(18)3-5-13/h2-7,9-10H,8H2,1H3,(H,19,20). The number of hydrogen-bond acceptors (Lipinski definition) is 3. The zero-order valence-electron chi connectivity index (χ0n) is 11.9. The number of rotatable bonds is 4. The van der Waals surface area contributed by atoms with Gasteiger partial charge in [-0.25, -0.2) is 0 Å². The van der Waals surface area contributed by atoms with E-state index in [-0.39, 0.29) is 12.3 Å². The molecular weight excluding hydrogens is 346 g/mol. The van der Waals surface area contributed by atoms with Crippen molar-refractivity contribution in [1.82, 2.24) is 0 Å². The molecule has 0 atom stereocenters. The van der Waals surface area contributed by atoms with Crippen LogP contribution in [0, 0.1) is 0 Å². The molecule has 1 heterocycles. The molecule has 0 aliphatic rings. The molecule has 0 fully saturated rings. The van der Waals surface area contributed by atoms with Gasteiger partial charge in [-0.3, -0.25) is 4.79 Å². The minimum atomic E-state index is -0.0826. The molecule has 3 aromatic rings. The maximum atomic E-state index is 12.1. The van der Waals surface area contributed by atoms with Crippen LogP contribution in [0.25, 0.3) is 11.0 Å². The van der Waals surface area contributed by atoms with E-state index in [1.165, 1.54) is 0 Å². The molecule has 4 nitrogen and oxygen atoms in total. The monoisotopic (exact) mass is 359 g/mol. The summed E-state index contributed by atoms with van der Waals surface area (Å²) in [6.07, 6.45) is 1.88. The van der Waals surface area contributed by atoms with E-state index in [1.807, 2.05) is 42.5 Å². The number of nitrogens with one attached hydrogen (secondary N) is 1. The highest BCUT2D eigenvalue weighted by atomic mass is 79.9. The lowest BCUT2D eigenvalue weighted by atomic mass is 10.1. The molecule has 112 valence electrons. The summed E-state index contributed by atoms with van der Waals surface area (Å²) < 4.78 is 11.6. The van der Waals surface area contributed by atoms with Crippen molar-refractivity contribution in [2.24, 2.45) is 0 Å². The third-order valence-electron chi connectivity index (χ3n) is 3.34. The van der Waals surface area contributed by atoms with Gasteiger partial charge in [0.2, 0.25) is 5.91 Å². The molecule has 1 N–H and O–H groups in total. The fraction of sp³-hybridized carbons (Fsp3) is 0.118. The minimum absolute atomic E-state index is 0.0826. The third-order valence-corrected chi connectivity index (χ3v) is 3.87. The molecule has 0 bridgehead atoms. The lowest BCUT2D eigenvalue weighted by Crippen LogP contribution is -2.14. The maximum absolute atomic E-state index is 12.1. The van der Waals surface area contributed by atoms with Gasteiger partial charge in [0, 0.05) is 27.2 Å². The highest BCUT2D eigenvalue weighted by Gasteiger charge is 2.11. The molecule has 0 unspecified atom stereocenters. The van der Waals surface area contributed by atoms with Gasteiger partial charge in [0.1, 0.15) is 11.3 Å². The summed E-state index contributed by atoms with van der Waals surface area (Å²) in [5.74, 6) is 0.647. The van der Waals surface area contributed by atoms with Gasteiger partial charge in [-0.15, -0.1) is 0 Å². The first kappa shape index (κ1) is 14.7. The second-order valence-electron chi connectivity index (χ2n) is 4.85. The van der Waals surface area contributed by atoms with Gasteiger partial charge in [-0.1, -0.05) is 15.9 Å². The summed E-state index contributed by atoms with van der Waals surface area (Å²) in [4.78, 5) is 12.1. The number of hydrogen-bond donors (Lipinski definition) is 1. The predicted molar refractivity (Wildman–Crippen MR) is 89.2 cm³/mol. The molecule has 0 aliphatic carbocycles. The van der Waals surface area contributed by atoms with Crippen LogP contribution in [0.1, 0.15) is 5.56 Å². The molecule has 0 spiro atoms. The van der Waals surface area contributed by atoms with Crippen LogP contribution < -0.4 is 10.1 Å². The van der Waals surface area contributed by atoms with E-state index in [0.717, 1.165) is 26.9 Å². The van der Waals surface area contributed by atoms with E-state index in [2.05, 4.69) is 21.2 Å². The first-order chi connectivity index (χ1) is 10.7. The van der Waals surface area contributed by atoms with Crippen LogP contribution in [-0.2, 0) is 11.2 Å². The molecule has 22 heavy (non-hydrogen) atoms. The van der Waals surface area contributed by atoms with Gasteiger partial charge < -0.3 is 14.5 Å². The van der Waals surface area contributed by atoms with Crippen molar-refractivity contribution < 1.29 is 13.9 Å². The van der Waals surface area contributed by atoms with Crippen molar-refractivity contribution >= 4 is 38.5 Å². The molecule has 0 saturated carbocycles. The number of furan rings is 1. The van der Waals surface area contributed by atoms with E-state index in [0.29, 0.717) is 5.58 Å². The minimum Gasteiger partial charge on any atom is -0.497 e. The molecule has 1 amide bonds. The number of benzene rings is 2. The molecule has 2 aromatic carbocycles. The van der Waals surface area contributed by atoms with E-state index in [1.54, 1.807) is 13.4 Å². The number of carbonyl (C=O) groups excluding carboxylic acids is 1. The highest BCUT2D eigenvalue weighted by molar-refractivity contribution is 9.10. The van der Waals surface area contributed by atoms with Crippen molar-refractivity contribution in [3.63, 3.8) is 0 Å². The lowest BCUT2D eigenvalue weighted by Gasteiger charge is -2.04. The second-order valence-corrected chi connectivity index (χ2v) is 5.77. The van der Waals surface area contributed by atoms with Crippen LogP contribution in [0.2, 0.25) is 0 Å². The Morgan fingerprint density at radius 1 is 1.23 bits per heavy atom. The summed E-state index contributed by atoms with van der Waals surface area (Å²) in [6.45, 7) is 0. The average molecular weight is 360 g/mol. The van der Waals surface area contributed by atoms with Crippen molar-refractivity contribution in [1.29, 1.82) is 0 Å². The van der Waals surface area contributed by atoms with E-state index >= 15 is 0 Å². The largest absolute Gasteiger partial charge is 0.497 e. The zero-order valence-corrected chi connectivity index (χ0v) is 13.5. The number of fused-ring (bicyclic) bond motifs is 1. The van der Waals surface area contributed by atoms with Gasteiger partial charge in [-0.2, -0.15) is 0 Å². The smallest absolute Gasteiger partial charge is 0.228 e. The van der Waals surface area contributed by atoms with Crippen LogP contribution in [0.4, 0.5) is 5.69 Å². The summed E-state index contributed by atoms with van der Waals surface area (Å²) in [5.41, 5.74) is 2.33. The van der Waals surface area contributed by atoms with Gasteiger partial charge >= 0.3 is 0 Å². The number of anilines is 1. The first-order valence-electron chi connectivity index (χ1n) is 6.75. The Kier molecular flexibility index (Phi) is 4.15. The number of ether oxygens (including phenoxy) is 1. The summed E-state index contributed by atoms with van der Waals surface area (Å²) in [5, 5.41) is 3.79. The maximum Gasteiger partial charge on any atom is 0.228 e. The molecule has 0 aliphatic heterocycles. The molecular formula is C17H14BrNO3. The van der Waals surface area contributed by atoms with Gasteiger partial charge in [0.05, 0.1) is 19.8 Å². The van der Waals surface area contributed by atoms with Gasteiger partial charge in [-0.05, 0) is 36.4 Å². The molecule has 1 aromatic heterocycles. The highest BCUT2D eigenvalue weighted by Crippen LogP contribution is 2.26. The van der Waals surface area contributed by atoms with Crippen molar-refractivity contribution in [2.75, 3.05) is 12.4 Å². The Bertz CT molecular complexity index is 808. The number of carbonyl (C=O) groups is 1. The van der Waals surface area contributed by atoms with Gasteiger partial charge in [0.15, 0.2) is 0 Å². The average Bonchev–Trinajstić information content (AvgIpc) is 2.91. The SMILES string of the molecule is COc1ccc2c(CC(=O)Nc3ccc(Br)cc3)coc2c1. The van der Waals surface area contributed by atoms with Crippen LogP contribution in [-0.4, -0.2) is 13.0 Å². The molecule has 5 heteroatoms. The fourth-order valence-electron chi connectivity index (χ4n) is 2.24. The van der Waals surface area contributed by atoms with Crippen molar-refractivity contribution in [2.45, 2.75) is 6.42 Å². The molecule has 3 rings (SSSR count). The third kappa shape index (κ3) is 3.14. The lowest BCUT2D eigenvalue weighted by molar-refractivity contribution is -0.115. The molecule has 0 saturated heterocycles. The normalized spacial score (nSPS) is 10.6. The predicted octanol–water partition coefficient (Wildman–Crippen LogP) is 4.39. The number of halogens is 1. The van der Waals surface area contributed by atoms with Gasteiger partial charge in [0.25, 0.3) is 0 Å². The zero-order chi connectivity index (χ0) is 15.5. The van der Waals surface area contributed by atoms with E-state index in [4.69, 9.17) is 9.15 Å². The van der Waals surface area contributed by atoms with Crippen LogP contribution in [0.15, 0.2) is 57.6 Å². The quantitative estimate of drug-likeness (QED) is 0.751. The Labute approximate surface area is 136 Å². The topological polar surface area (TPSA) is 51.5 Å². The summed E-state index contributed by atoms with van der Waals surface area (Å²) in [6, 6.07) is 13.0. The van der Waals surface area contributed by atoms with Crippen LogP contribution >= 0.6 is 15.9 Å². The van der Waals surface area contributed by atoms with E-state index in [9.17, 15) is 4.79 Å². The first-order valence-corrected chi connectivity index (χ1v) is 7.54. The van der Waals surface area contributed by atoms with Crippen LogP contribution in [0.5, 0.6) is 5.75 Å². The number of methoxy groups -OCH3 is 1. The Morgan fingerprint density at radius 2 is 2.00 bits per heavy atom. The van der Waals surface area contributed by atoms with E-state index < -0.39 is 0 Å². The Morgan fingerprint density at radius 3 is 2.73 bits per heavy atom. The summed E-state index contributed by atoms with van der Waals surface area (Å²) in [7, 11) is 1.61. The van der Waals surface area contributed by atoms with Crippen molar-refractivity contribution in [3.05, 3.63) is 58.8 Å².